The molecule has 0 saturated carbocycles. The van der Waals surface area contributed by atoms with Crippen LogP contribution in [0.4, 0.5) is 5.69 Å². The fraction of sp³-hybridized carbons (Fsp3) is 0.0667. The molecule has 0 radical (unpaired) electrons. The maximum absolute atomic E-state index is 12.2. The summed E-state index contributed by atoms with van der Waals surface area (Å²) in [6.07, 6.45) is 4.42. The van der Waals surface area contributed by atoms with Crippen molar-refractivity contribution in [3.05, 3.63) is 70.4 Å². The van der Waals surface area contributed by atoms with Crippen LogP contribution in [0.25, 0.3) is 5.78 Å². The molecule has 2 heterocycles. The number of benzene rings is 1. The van der Waals surface area contributed by atoms with E-state index in [0.717, 1.165) is 5.56 Å². The number of aryl methyl sites for hydroxylation is 1. The van der Waals surface area contributed by atoms with Gasteiger partial charge in [0.1, 0.15) is 5.69 Å². The molecule has 0 atom stereocenters. The summed E-state index contributed by atoms with van der Waals surface area (Å²) in [7, 11) is 0. The number of fused-ring (bicyclic) bond motifs is 1. The zero-order valence-electron chi connectivity index (χ0n) is 11.3. The summed E-state index contributed by atoms with van der Waals surface area (Å²) in [5.74, 6) is -0.0579. The molecule has 0 aliphatic carbocycles. The van der Waals surface area contributed by atoms with Crippen molar-refractivity contribution >= 4 is 17.4 Å². The van der Waals surface area contributed by atoms with E-state index in [4.69, 9.17) is 0 Å². The van der Waals surface area contributed by atoms with Crippen LogP contribution >= 0.6 is 0 Å². The Bertz CT molecular complexity index is 886. The standard InChI is InChI=1S/C15H12N4O2/c1-10-4-2-5-11(8-10)13(20)18-12-9-17-15-16-6-3-7-19(15)14(12)21/h2-9H,1H3,(H,18,20). The second-order valence-electron chi connectivity index (χ2n) is 4.59. The summed E-state index contributed by atoms with van der Waals surface area (Å²) in [4.78, 5) is 32.4. The Balaban J connectivity index is 1.97. The first kappa shape index (κ1) is 13.0. The lowest BCUT2D eigenvalue weighted by Gasteiger charge is -2.06. The van der Waals surface area contributed by atoms with Gasteiger partial charge >= 0.3 is 0 Å². The summed E-state index contributed by atoms with van der Waals surface area (Å²) in [6, 6.07) is 8.76. The highest BCUT2D eigenvalue weighted by Crippen LogP contribution is 2.07. The maximum Gasteiger partial charge on any atom is 0.282 e. The molecule has 21 heavy (non-hydrogen) atoms. The van der Waals surface area contributed by atoms with Crippen molar-refractivity contribution in [2.45, 2.75) is 6.92 Å². The Morgan fingerprint density at radius 2 is 2.10 bits per heavy atom. The first-order chi connectivity index (χ1) is 10.1. The molecule has 1 N–H and O–H groups in total. The van der Waals surface area contributed by atoms with Crippen LogP contribution in [-0.4, -0.2) is 20.3 Å². The van der Waals surface area contributed by atoms with Gasteiger partial charge in [0.25, 0.3) is 11.5 Å². The van der Waals surface area contributed by atoms with E-state index in [9.17, 15) is 9.59 Å². The van der Waals surface area contributed by atoms with Crippen LogP contribution in [0.1, 0.15) is 15.9 Å². The molecule has 0 aliphatic rings. The van der Waals surface area contributed by atoms with Crippen LogP contribution in [-0.2, 0) is 0 Å². The Labute approximate surface area is 120 Å². The van der Waals surface area contributed by atoms with E-state index < -0.39 is 0 Å². The van der Waals surface area contributed by atoms with Gasteiger partial charge in [0.15, 0.2) is 0 Å². The molecule has 0 aliphatic heterocycles. The number of carbonyl (C=O) groups excluding carboxylic acids is 1. The molecule has 6 nitrogen and oxygen atoms in total. The number of carbonyl (C=O) groups is 1. The first-order valence-corrected chi connectivity index (χ1v) is 6.35. The van der Waals surface area contributed by atoms with Crippen LogP contribution < -0.4 is 10.9 Å². The summed E-state index contributed by atoms with van der Waals surface area (Å²) >= 11 is 0. The summed E-state index contributed by atoms with van der Waals surface area (Å²) in [5.41, 5.74) is 1.21. The lowest BCUT2D eigenvalue weighted by atomic mass is 10.1. The van der Waals surface area contributed by atoms with Gasteiger partial charge < -0.3 is 5.32 Å². The predicted molar refractivity (Wildman–Crippen MR) is 78.4 cm³/mol. The van der Waals surface area contributed by atoms with Gasteiger partial charge in [0.05, 0.1) is 6.20 Å². The maximum atomic E-state index is 12.2. The minimum absolute atomic E-state index is 0.118. The van der Waals surface area contributed by atoms with Gasteiger partial charge in [-0.15, -0.1) is 0 Å². The topological polar surface area (TPSA) is 76.4 Å². The molecule has 2 aromatic heterocycles. The largest absolute Gasteiger partial charge is 0.316 e. The number of hydrogen-bond acceptors (Lipinski definition) is 4. The number of rotatable bonds is 2. The number of nitrogens with zero attached hydrogens (tertiary/aromatic N) is 3. The number of hydrogen-bond donors (Lipinski definition) is 1. The molecular weight excluding hydrogens is 268 g/mol. The zero-order chi connectivity index (χ0) is 14.8. The lowest BCUT2D eigenvalue weighted by Crippen LogP contribution is -2.23. The van der Waals surface area contributed by atoms with Crippen LogP contribution in [0, 0.1) is 6.92 Å². The third-order valence-corrected chi connectivity index (χ3v) is 3.01. The average Bonchev–Trinajstić information content (AvgIpc) is 2.50. The van der Waals surface area contributed by atoms with E-state index in [1.807, 2.05) is 13.0 Å². The molecule has 0 fully saturated rings. The van der Waals surface area contributed by atoms with Gasteiger partial charge in [-0.25, -0.2) is 9.97 Å². The molecule has 0 spiro atoms. The van der Waals surface area contributed by atoms with Crippen molar-refractivity contribution in [3.63, 3.8) is 0 Å². The van der Waals surface area contributed by atoms with Gasteiger partial charge in [-0.1, -0.05) is 17.7 Å². The van der Waals surface area contributed by atoms with E-state index in [2.05, 4.69) is 15.3 Å². The van der Waals surface area contributed by atoms with E-state index in [0.29, 0.717) is 5.56 Å². The SMILES string of the molecule is Cc1cccc(C(=O)Nc2cnc3ncccn3c2=O)c1. The Kier molecular flexibility index (Phi) is 3.19. The number of amides is 1. The quantitative estimate of drug-likeness (QED) is 0.774. The van der Waals surface area contributed by atoms with Crippen molar-refractivity contribution < 1.29 is 4.79 Å². The van der Waals surface area contributed by atoms with Crippen molar-refractivity contribution in [2.75, 3.05) is 5.32 Å². The van der Waals surface area contributed by atoms with Crippen LogP contribution in [0.5, 0.6) is 0 Å². The minimum atomic E-state index is -0.367. The third-order valence-electron chi connectivity index (χ3n) is 3.01. The highest BCUT2D eigenvalue weighted by atomic mass is 16.2. The number of nitrogens with one attached hydrogen (secondary N) is 1. The molecule has 1 aromatic carbocycles. The van der Waals surface area contributed by atoms with E-state index in [1.54, 1.807) is 36.7 Å². The van der Waals surface area contributed by atoms with Gasteiger partial charge in [-0.3, -0.25) is 14.0 Å². The average molecular weight is 280 g/mol. The number of aromatic nitrogens is 3. The number of anilines is 1. The minimum Gasteiger partial charge on any atom is -0.316 e. The molecule has 0 saturated heterocycles. The predicted octanol–water partition coefficient (Wildman–Crippen LogP) is 1.65. The molecule has 3 rings (SSSR count). The zero-order valence-corrected chi connectivity index (χ0v) is 11.3. The molecule has 3 aromatic rings. The normalized spacial score (nSPS) is 10.5. The van der Waals surface area contributed by atoms with Gasteiger partial charge in [-0.05, 0) is 25.1 Å². The second-order valence-corrected chi connectivity index (χ2v) is 4.59. The fourth-order valence-corrected chi connectivity index (χ4v) is 1.99. The Morgan fingerprint density at radius 1 is 1.24 bits per heavy atom. The molecule has 6 heteroatoms. The van der Waals surface area contributed by atoms with Crippen molar-refractivity contribution in [1.29, 1.82) is 0 Å². The molecule has 1 amide bonds. The van der Waals surface area contributed by atoms with Gasteiger partial charge in [0.2, 0.25) is 5.78 Å². The van der Waals surface area contributed by atoms with Gasteiger partial charge in [0, 0.05) is 18.0 Å². The molecule has 104 valence electrons. The monoisotopic (exact) mass is 280 g/mol. The van der Waals surface area contributed by atoms with Crippen molar-refractivity contribution in [3.8, 4) is 0 Å². The highest BCUT2D eigenvalue weighted by Gasteiger charge is 2.10. The Morgan fingerprint density at radius 3 is 2.90 bits per heavy atom. The smallest absolute Gasteiger partial charge is 0.282 e. The second kappa shape index (κ2) is 5.16. The summed E-state index contributed by atoms with van der Waals surface area (Å²) in [5, 5.41) is 2.58. The summed E-state index contributed by atoms with van der Waals surface area (Å²) < 4.78 is 1.28. The Hall–Kier alpha value is -3.02. The van der Waals surface area contributed by atoms with Crippen LogP contribution in [0.2, 0.25) is 0 Å². The van der Waals surface area contributed by atoms with E-state index >= 15 is 0 Å². The highest BCUT2D eigenvalue weighted by molar-refractivity contribution is 6.04. The first-order valence-electron chi connectivity index (χ1n) is 6.35. The fourth-order valence-electron chi connectivity index (χ4n) is 1.99. The molecular formula is C15H12N4O2. The van der Waals surface area contributed by atoms with Crippen molar-refractivity contribution in [1.82, 2.24) is 14.4 Å². The van der Waals surface area contributed by atoms with Gasteiger partial charge in [-0.2, -0.15) is 0 Å². The summed E-state index contributed by atoms with van der Waals surface area (Å²) in [6.45, 7) is 1.90. The van der Waals surface area contributed by atoms with Crippen LogP contribution in [0.15, 0.2) is 53.7 Å². The van der Waals surface area contributed by atoms with E-state index in [1.165, 1.54) is 10.6 Å². The van der Waals surface area contributed by atoms with Crippen molar-refractivity contribution in [2.24, 2.45) is 0 Å². The van der Waals surface area contributed by atoms with Crippen LogP contribution in [0.3, 0.4) is 0 Å². The lowest BCUT2D eigenvalue weighted by molar-refractivity contribution is 0.102. The molecule has 0 unspecified atom stereocenters. The molecule has 0 bridgehead atoms. The van der Waals surface area contributed by atoms with E-state index in [-0.39, 0.29) is 22.9 Å². The third kappa shape index (κ3) is 2.51.